The zero-order valence-corrected chi connectivity index (χ0v) is 58.9. The van der Waals surface area contributed by atoms with Crippen molar-refractivity contribution in [2.24, 2.45) is 33.5 Å². The Balaban J connectivity index is 1.64. The molecular weight excluding hydrogens is 985 g/mol. The molecule has 1 fully saturated rings. The average molecular weight is 1120 g/mol. The second kappa shape index (κ2) is 28.3. The molecule has 0 amide bonds. The largest absolute Gasteiger partial charge is 0.0999 e. The summed E-state index contributed by atoms with van der Waals surface area (Å²) in [5.41, 5.74) is 25.2. The molecule has 0 aliphatic heterocycles. The normalized spacial score (nSPS) is 18.8. The summed E-state index contributed by atoms with van der Waals surface area (Å²) in [6.45, 7) is 74.1. The predicted molar refractivity (Wildman–Crippen MR) is 370 cm³/mol. The van der Waals surface area contributed by atoms with Gasteiger partial charge in [-0.05, 0) is 234 Å². The fourth-order valence-electron chi connectivity index (χ4n) is 13.8. The third-order valence-corrected chi connectivity index (χ3v) is 19.4. The van der Waals surface area contributed by atoms with Crippen LogP contribution >= 0.6 is 0 Å². The molecule has 2 aromatic rings. The van der Waals surface area contributed by atoms with E-state index in [1.807, 2.05) is 0 Å². The van der Waals surface area contributed by atoms with Gasteiger partial charge in [0, 0.05) is 5.92 Å². The van der Waals surface area contributed by atoms with Gasteiger partial charge in [-0.2, -0.15) is 0 Å². The van der Waals surface area contributed by atoms with E-state index in [1.54, 1.807) is 22.3 Å². The van der Waals surface area contributed by atoms with E-state index in [4.69, 9.17) is 19.7 Å². The molecule has 82 heavy (non-hydrogen) atoms. The first-order chi connectivity index (χ1) is 37.5. The van der Waals surface area contributed by atoms with Crippen LogP contribution in [0, 0.1) is 40.4 Å². The highest BCUT2D eigenvalue weighted by Crippen LogP contribution is 2.52. The van der Waals surface area contributed by atoms with E-state index in [-0.39, 0.29) is 43.3 Å². The minimum atomic E-state index is 0.0975. The van der Waals surface area contributed by atoms with Gasteiger partial charge in [0.15, 0.2) is 0 Å². The van der Waals surface area contributed by atoms with Gasteiger partial charge in [0.1, 0.15) is 0 Å². The van der Waals surface area contributed by atoms with Gasteiger partial charge in [-0.25, -0.2) is 0 Å². The summed E-state index contributed by atoms with van der Waals surface area (Å²) in [5, 5.41) is 0. The van der Waals surface area contributed by atoms with Crippen molar-refractivity contribution in [3.8, 4) is 0 Å². The van der Waals surface area contributed by atoms with Gasteiger partial charge in [0.05, 0.1) is 0 Å². The molecule has 0 saturated heterocycles. The Labute approximate surface area is 511 Å². The van der Waals surface area contributed by atoms with Crippen molar-refractivity contribution in [3.63, 3.8) is 0 Å². The van der Waals surface area contributed by atoms with Crippen molar-refractivity contribution in [1.29, 1.82) is 0 Å². The van der Waals surface area contributed by atoms with Crippen LogP contribution in [-0.4, -0.2) is 0 Å². The van der Waals surface area contributed by atoms with E-state index >= 15 is 0 Å². The fraction of sp³-hybridized carbons (Fsp3) is 0.659. The first-order valence-corrected chi connectivity index (χ1v) is 33.3. The summed E-state index contributed by atoms with van der Waals surface area (Å²) >= 11 is 0. The second-order valence-electron chi connectivity index (χ2n) is 34.2. The lowest BCUT2D eigenvalue weighted by atomic mass is 9.66. The first kappa shape index (κ1) is 70.8. The smallest absolute Gasteiger partial charge is 0.00665 e. The molecule has 2 aliphatic carbocycles. The number of rotatable bonds is 26. The maximum absolute atomic E-state index is 4.92. The minimum absolute atomic E-state index is 0.0975. The lowest BCUT2D eigenvalue weighted by Crippen LogP contribution is -2.27. The Morgan fingerprint density at radius 2 is 1.00 bits per heavy atom. The molecule has 0 N–H and O–H groups in total. The first-order valence-electron chi connectivity index (χ1n) is 33.3. The average Bonchev–Trinajstić information content (AvgIpc) is 4.21. The molecule has 2 aromatic carbocycles. The molecule has 0 spiro atoms. The zero-order valence-electron chi connectivity index (χ0n) is 58.9. The van der Waals surface area contributed by atoms with Crippen LogP contribution in [-0.2, 0) is 34.5 Å². The van der Waals surface area contributed by atoms with Crippen LogP contribution in [0.4, 0.5) is 0 Å². The zero-order chi connectivity index (χ0) is 62.2. The molecule has 0 nitrogen and oxygen atoms in total. The molecule has 458 valence electrons. The van der Waals surface area contributed by atoms with E-state index < -0.39 is 0 Å². The molecule has 3 atom stereocenters. The number of hydrogen-bond donors (Lipinski definition) is 0. The van der Waals surface area contributed by atoms with Crippen molar-refractivity contribution in [2.75, 3.05) is 0 Å². The lowest BCUT2D eigenvalue weighted by molar-refractivity contribution is 0.190. The molecule has 3 unspecified atom stereocenters. The topological polar surface area (TPSA) is 0 Å². The number of benzene rings is 2. The quantitative estimate of drug-likeness (QED) is 0.0651. The van der Waals surface area contributed by atoms with Crippen LogP contribution in [0.2, 0.25) is 0 Å². The van der Waals surface area contributed by atoms with Crippen LogP contribution < -0.4 is 0 Å². The minimum Gasteiger partial charge on any atom is -0.0999 e. The third-order valence-electron chi connectivity index (χ3n) is 19.4. The lowest BCUT2D eigenvalue weighted by Gasteiger charge is -2.39. The SMILES string of the molecule is C=C(CCC=C/C(=C1\C(=C/C)C1C)C(C)(C)C)CCC(CCCCCCc1cc(C(C)(C)C)cc(C(C)(C)C)c1)(CCC(=C)CCC1=CC(C(C)(C)C)=C(C)C(C(C)(C)C)C1)CCC(=C)CCc1cc(C(C)(C)C)c(C)c(C(C)(C)C)c1. The highest BCUT2D eigenvalue weighted by atomic mass is 14.4. The monoisotopic (exact) mass is 1120 g/mol. The number of hydrogen-bond acceptors (Lipinski definition) is 0. The van der Waals surface area contributed by atoms with Crippen molar-refractivity contribution >= 4 is 0 Å². The van der Waals surface area contributed by atoms with Gasteiger partial charge in [-0.15, -0.1) is 0 Å². The summed E-state index contributed by atoms with van der Waals surface area (Å²) in [6, 6.07) is 12.5. The van der Waals surface area contributed by atoms with E-state index in [9.17, 15) is 0 Å². The van der Waals surface area contributed by atoms with Crippen molar-refractivity contribution in [1.82, 2.24) is 0 Å². The van der Waals surface area contributed by atoms with Gasteiger partial charge in [-0.1, -0.05) is 274 Å². The van der Waals surface area contributed by atoms with Crippen LogP contribution in [0.1, 0.15) is 314 Å². The number of allylic oxidation sites excluding steroid dienone is 13. The third kappa shape index (κ3) is 21.1. The van der Waals surface area contributed by atoms with Crippen LogP contribution in [0.3, 0.4) is 0 Å². The summed E-state index contributed by atoms with van der Waals surface area (Å²) in [6.07, 6.45) is 31.8. The molecule has 0 heterocycles. The Bertz CT molecular complexity index is 2600. The Morgan fingerprint density at radius 1 is 0.524 bits per heavy atom. The van der Waals surface area contributed by atoms with E-state index in [1.165, 1.54) is 125 Å². The molecule has 0 aromatic heterocycles. The van der Waals surface area contributed by atoms with Gasteiger partial charge < -0.3 is 0 Å². The maximum atomic E-state index is 4.92. The fourth-order valence-corrected chi connectivity index (χ4v) is 13.8. The van der Waals surface area contributed by atoms with Gasteiger partial charge >= 0.3 is 0 Å². The van der Waals surface area contributed by atoms with Crippen molar-refractivity contribution < 1.29 is 0 Å². The molecule has 4 rings (SSSR count). The van der Waals surface area contributed by atoms with Crippen LogP contribution in [0.5, 0.6) is 0 Å². The predicted octanol–water partition coefficient (Wildman–Crippen LogP) is 25.7. The molecule has 0 radical (unpaired) electrons. The highest BCUT2D eigenvalue weighted by molar-refractivity contribution is 5.60. The van der Waals surface area contributed by atoms with Gasteiger partial charge in [0.2, 0.25) is 0 Å². The van der Waals surface area contributed by atoms with Crippen molar-refractivity contribution in [3.05, 3.63) is 163 Å². The van der Waals surface area contributed by atoms with Gasteiger partial charge in [0.25, 0.3) is 0 Å². The maximum Gasteiger partial charge on any atom is 0.00665 e. The van der Waals surface area contributed by atoms with Gasteiger partial charge in [-0.3, -0.25) is 0 Å². The standard InChI is InChI=1S/C82H130/c1-29-68-60(5)74(68)69(77(14,15)16)38-34-33-36-57(2)43-47-82(46-35-31-30-32-37-63-50-66(75(8,9)10)56-67(51-63)76(11,12)13,48-44-58(3)39-41-64-52-70(78(17,18)19)61(6)71(53-64)79(20,21)22)49-45-59(4)40-42-65-54-72(80(23,24)25)62(7)73(55-65)81(26,27)28/h29,34,38,50-54,56,60,73H,2-4,30-33,35-37,39-49,55H2,1,5-28H3/b38-34?,68-29-,74-69+. The molecule has 0 heteroatoms. The summed E-state index contributed by atoms with van der Waals surface area (Å²) < 4.78 is 0. The highest BCUT2D eigenvalue weighted by Gasteiger charge is 2.38. The second-order valence-corrected chi connectivity index (χ2v) is 34.2. The Kier molecular flexibility index (Phi) is 24.4. The Morgan fingerprint density at radius 3 is 1.44 bits per heavy atom. The van der Waals surface area contributed by atoms with Crippen LogP contribution in [0.25, 0.3) is 0 Å². The summed E-state index contributed by atoms with van der Waals surface area (Å²) in [4.78, 5) is 0. The van der Waals surface area contributed by atoms with E-state index in [2.05, 4.69) is 228 Å². The van der Waals surface area contributed by atoms with E-state index in [0.717, 1.165) is 64.2 Å². The van der Waals surface area contributed by atoms with Crippen LogP contribution in [0.15, 0.2) is 125 Å². The summed E-state index contributed by atoms with van der Waals surface area (Å²) in [7, 11) is 0. The summed E-state index contributed by atoms with van der Waals surface area (Å²) in [5.74, 6) is 1.16. The molecule has 0 bridgehead atoms. The molecule has 1 saturated carbocycles. The molecule has 2 aliphatic rings. The van der Waals surface area contributed by atoms with E-state index in [0.29, 0.717) is 11.8 Å². The number of aryl methyl sites for hydroxylation is 2. The molecular formula is C82H130. The number of unbranched alkanes of at least 4 members (excludes halogenated alkanes) is 3. The Hall–Kier alpha value is -3.64. The van der Waals surface area contributed by atoms with Crippen molar-refractivity contribution in [2.45, 2.75) is 317 Å².